The van der Waals surface area contributed by atoms with Crippen molar-refractivity contribution < 1.29 is 18.7 Å². The number of rotatable bonds is 7. The van der Waals surface area contributed by atoms with Gasteiger partial charge in [0.05, 0.1) is 18.1 Å². The van der Waals surface area contributed by atoms with E-state index in [-0.39, 0.29) is 24.3 Å². The quantitative estimate of drug-likeness (QED) is 0.553. The fraction of sp³-hybridized carbons (Fsp3) is 0.294. The number of hydrogen-bond donors (Lipinski definition) is 1. The molecular formula is C17H18BrNO4S. The molecule has 0 bridgehead atoms. The minimum absolute atomic E-state index is 0.156. The lowest BCUT2D eigenvalue weighted by Crippen LogP contribution is -2.31. The molecule has 0 aliphatic rings. The maximum absolute atomic E-state index is 11.8. The van der Waals surface area contributed by atoms with Crippen molar-refractivity contribution in [2.24, 2.45) is 0 Å². The fourth-order valence-corrected chi connectivity index (χ4v) is 3.27. The van der Waals surface area contributed by atoms with Crippen molar-refractivity contribution in [3.63, 3.8) is 0 Å². The predicted octanol–water partition coefficient (Wildman–Crippen LogP) is 3.86. The summed E-state index contributed by atoms with van der Waals surface area (Å²) in [5.74, 6) is 0.0138. The molecule has 1 heterocycles. The third-order valence-corrected chi connectivity index (χ3v) is 4.84. The van der Waals surface area contributed by atoms with Crippen LogP contribution in [0.2, 0.25) is 0 Å². The molecule has 2 rings (SSSR count). The summed E-state index contributed by atoms with van der Waals surface area (Å²) in [5.41, 5.74) is 1.08. The van der Waals surface area contributed by atoms with Gasteiger partial charge in [-0.25, -0.2) is 0 Å². The lowest BCUT2D eigenvalue weighted by atomic mass is 10.2. The maximum atomic E-state index is 11.8. The van der Waals surface area contributed by atoms with Crippen molar-refractivity contribution in [2.45, 2.75) is 24.8 Å². The molecule has 0 saturated carbocycles. The average molecular weight is 412 g/mol. The van der Waals surface area contributed by atoms with Gasteiger partial charge in [-0.05, 0) is 49.7 Å². The van der Waals surface area contributed by atoms with Crippen LogP contribution in [0.1, 0.15) is 24.3 Å². The zero-order valence-electron chi connectivity index (χ0n) is 13.4. The normalized spacial score (nSPS) is 11.8. The van der Waals surface area contributed by atoms with Crippen LogP contribution in [0.15, 0.2) is 50.4 Å². The van der Waals surface area contributed by atoms with Gasteiger partial charge in [-0.15, -0.1) is 11.8 Å². The lowest BCUT2D eigenvalue weighted by Gasteiger charge is -2.11. The van der Waals surface area contributed by atoms with Gasteiger partial charge in [-0.3, -0.25) is 9.59 Å². The highest BCUT2D eigenvalue weighted by atomic mass is 79.9. The Balaban J connectivity index is 1.71. The third kappa shape index (κ3) is 5.72. The molecule has 0 spiro atoms. The van der Waals surface area contributed by atoms with Crippen LogP contribution in [0, 0.1) is 6.92 Å². The van der Waals surface area contributed by atoms with Crippen LogP contribution < -0.4 is 5.32 Å². The van der Waals surface area contributed by atoms with Gasteiger partial charge in [0.25, 0.3) is 5.91 Å². The molecule has 1 aromatic carbocycles. The number of nitrogens with one attached hydrogen (secondary N) is 1. The van der Waals surface area contributed by atoms with Crippen LogP contribution in [-0.4, -0.2) is 24.2 Å². The Bertz CT molecular complexity index is 703. The average Bonchev–Trinajstić information content (AvgIpc) is 3.06. The van der Waals surface area contributed by atoms with Gasteiger partial charge in [0.1, 0.15) is 5.76 Å². The summed E-state index contributed by atoms with van der Waals surface area (Å²) in [4.78, 5) is 24.5. The molecule has 24 heavy (non-hydrogen) atoms. The topological polar surface area (TPSA) is 68.5 Å². The van der Waals surface area contributed by atoms with E-state index < -0.39 is 5.97 Å². The van der Waals surface area contributed by atoms with Crippen LogP contribution in [0.5, 0.6) is 0 Å². The van der Waals surface area contributed by atoms with E-state index in [4.69, 9.17) is 9.15 Å². The number of halogens is 1. The van der Waals surface area contributed by atoms with Crippen molar-refractivity contribution in [2.75, 3.05) is 12.4 Å². The third-order valence-electron chi connectivity index (χ3n) is 3.19. The Morgan fingerprint density at radius 2 is 2.17 bits per heavy atom. The summed E-state index contributed by atoms with van der Waals surface area (Å²) < 4.78 is 11.2. The molecule has 0 unspecified atom stereocenters. The smallest absolute Gasteiger partial charge is 0.316 e. The van der Waals surface area contributed by atoms with Crippen LogP contribution in [0.3, 0.4) is 0 Å². The van der Waals surface area contributed by atoms with Gasteiger partial charge < -0.3 is 14.5 Å². The van der Waals surface area contributed by atoms with Crippen molar-refractivity contribution in [3.8, 4) is 0 Å². The van der Waals surface area contributed by atoms with Gasteiger partial charge >= 0.3 is 5.97 Å². The first-order valence-corrected chi connectivity index (χ1v) is 9.11. The zero-order chi connectivity index (χ0) is 17.5. The highest BCUT2D eigenvalue weighted by molar-refractivity contribution is 9.10. The number of aryl methyl sites for hydroxylation is 1. The molecular weight excluding hydrogens is 394 g/mol. The first-order valence-electron chi connectivity index (χ1n) is 7.33. The van der Waals surface area contributed by atoms with Gasteiger partial charge in [0, 0.05) is 9.37 Å². The van der Waals surface area contributed by atoms with Crippen LogP contribution in [0.25, 0.3) is 0 Å². The Morgan fingerprint density at radius 1 is 1.38 bits per heavy atom. The van der Waals surface area contributed by atoms with Crippen LogP contribution in [-0.2, 0) is 14.3 Å². The number of carbonyl (C=O) groups is 2. The number of amides is 1. The van der Waals surface area contributed by atoms with Gasteiger partial charge in [-0.1, -0.05) is 15.9 Å². The molecule has 1 N–H and O–H groups in total. The highest BCUT2D eigenvalue weighted by Gasteiger charge is 2.14. The van der Waals surface area contributed by atoms with Crippen molar-refractivity contribution in [3.05, 3.63) is 52.4 Å². The SMILES string of the molecule is Cc1cc(Br)ccc1SCC(=O)OCC(=O)N[C@@H](C)c1ccco1. The van der Waals surface area contributed by atoms with Gasteiger partial charge in [0.2, 0.25) is 0 Å². The zero-order valence-corrected chi connectivity index (χ0v) is 15.8. The minimum atomic E-state index is -0.428. The second-order valence-corrected chi connectivity index (χ2v) is 7.10. The van der Waals surface area contributed by atoms with E-state index in [1.54, 1.807) is 25.3 Å². The largest absolute Gasteiger partial charge is 0.467 e. The predicted molar refractivity (Wildman–Crippen MR) is 95.8 cm³/mol. The monoisotopic (exact) mass is 411 g/mol. The summed E-state index contributed by atoms with van der Waals surface area (Å²) in [6.45, 7) is 3.47. The van der Waals surface area contributed by atoms with Gasteiger partial charge in [-0.2, -0.15) is 0 Å². The number of benzene rings is 1. The Labute approximate surface area is 153 Å². The number of esters is 1. The number of furan rings is 1. The van der Waals surface area contributed by atoms with E-state index in [1.165, 1.54) is 11.8 Å². The van der Waals surface area contributed by atoms with E-state index in [2.05, 4.69) is 21.2 Å². The molecule has 0 saturated heterocycles. The molecule has 1 atom stereocenters. The maximum Gasteiger partial charge on any atom is 0.316 e. The van der Waals surface area contributed by atoms with Crippen LogP contribution >= 0.6 is 27.7 Å². The first-order chi connectivity index (χ1) is 11.5. The van der Waals surface area contributed by atoms with Crippen molar-refractivity contribution in [1.82, 2.24) is 5.32 Å². The van der Waals surface area contributed by atoms with Crippen molar-refractivity contribution in [1.29, 1.82) is 0 Å². The van der Waals surface area contributed by atoms with E-state index in [9.17, 15) is 9.59 Å². The lowest BCUT2D eigenvalue weighted by molar-refractivity contribution is -0.146. The standard InChI is InChI=1S/C17H18BrNO4S/c1-11-8-13(18)5-6-15(11)24-10-17(21)23-9-16(20)19-12(2)14-4-3-7-22-14/h3-8,12H,9-10H2,1-2H3,(H,19,20)/t12-/m0/s1. The Kier molecular flexibility index (Phi) is 6.93. The molecule has 0 fully saturated rings. The minimum Gasteiger partial charge on any atom is -0.467 e. The van der Waals surface area contributed by atoms with Gasteiger partial charge in [0.15, 0.2) is 6.61 Å². The second kappa shape index (κ2) is 8.94. The highest BCUT2D eigenvalue weighted by Crippen LogP contribution is 2.25. The molecule has 7 heteroatoms. The second-order valence-electron chi connectivity index (χ2n) is 5.16. The molecule has 1 amide bonds. The summed E-state index contributed by atoms with van der Waals surface area (Å²) >= 11 is 4.78. The number of ether oxygens (including phenoxy) is 1. The fourth-order valence-electron chi connectivity index (χ4n) is 1.99. The summed E-state index contributed by atoms with van der Waals surface area (Å²) in [7, 11) is 0. The summed E-state index contributed by atoms with van der Waals surface area (Å²) in [6.07, 6.45) is 1.54. The number of hydrogen-bond acceptors (Lipinski definition) is 5. The number of carbonyl (C=O) groups excluding carboxylic acids is 2. The molecule has 0 radical (unpaired) electrons. The van der Waals surface area contributed by atoms with Crippen molar-refractivity contribution >= 4 is 39.6 Å². The Hall–Kier alpha value is -1.73. The van der Waals surface area contributed by atoms with E-state index in [0.29, 0.717) is 5.76 Å². The summed E-state index contributed by atoms with van der Waals surface area (Å²) in [6, 6.07) is 9.09. The number of thioether (sulfide) groups is 1. The van der Waals surface area contributed by atoms with E-state index >= 15 is 0 Å². The molecule has 0 aliphatic carbocycles. The Morgan fingerprint density at radius 3 is 2.83 bits per heavy atom. The molecule has 128 valence electrons. The first kappa shape index (κ1) is 18.6. The molecule has 1 aromatic heterocycles. The summed E-state index contributed by atoms with van der Waals surface area (Å²) in [5, 5.41) is 2.70. The molecule has 0 aliphatic heterocycles. The van der Waals surface area contributed by atoms with E-state index in [1.807, 2.05) is 25.1 Å². The molecule has 5 nitrogen and oxygen atoms in total. The molecule has 2 aromatic rings. The van der Waals surface area contributed by atoms with Crippen LogP contribution in [0.4, 0.5) is 0 Å². The van der Waals surface area contributed by atoms with E-state index in [0.717, 1.165) is 14.9 Å².